The number of rotatable bonds is 5. The minimum Gasteiger partial charge on any atom is -0.372 e. The Balaban J connectivity index is 1.58. The molecule has 0 aromatic heterocycles. The molecule has 2 aromatic carbocycles. The summed E-state index contributed by atoms with van der Waals surface area (Å²) in [5.41, 5.74) is 1.56. The average molecular weight is 340 g/mol. The van der Waals surface area contributed by atoms with Crippen molar-refractivity contribution < 1.29 is 14.5 Å². The Morgan fingerprint density at radius 3 is 2.56 bits per heavy atom. The topological polar surface area (TPSA) is 72.7 Å². The van der Waals surface area contributed by atoms with Gasteiger partial charge in [-0.05, 0) is 30.5 Å². The highest BCUT2D eigenvalue weighted by Gasteiger charge is 2.25. The highest BCUT2D eigenvalue weighted by atomic mass is 16.6. The van der Waals surface area contributed by atoms with Crippen LogP contribution in [0.1, 0.15) is 28.8 Å². The molecule has 6 heteroatoms. The van der Waals surface area contributed by atoms with Crippen molar-refractivity contribution in [1.29, 1.82) is 0 Å². The van der Waals surface area contributed by atoms with Crippen molar-refractivity contribution in [2.45, 2.75) is 25.6 Å². The van der Waals surface area contributed by atoms with Gasteiger partial charge in [0.05, 0.1) is 17.6 Å². The van der Waals surface area contributed by atoms with Gasteiger partial charge in [0.1, 0.15) is 0 Å². The van der Waals surface area contributed by atoms with E-state index in [2.05, 4.69) is 0 Å². The summed E-state index contributed by atoms with van der Waals surface area (Å²) in [7, 11) is 0. The number of hydrogen-bond donors (Lipinski definition) is 0. The van der Waals surface area contributed by atoms with Crippen molar-refractivity contribution in [3.05, 3.63) is 75.8 Å². The molecule has 0 aliphatic carbocycles. The van der Waals surface area contributed by atoms with Crippen molar-refractivity contribution in [3.8, 4) is 0 Å². The summed E-state index contributed by atoms with van der Waals surface area (Å²) in [6, 6.07) is 15.7. The molecule has 1 unspecified atom stereocenters. The predicted octanol–water partition coefficient (Wildman–Crippen LogP) is 3.42. The summed E-state index contributed by atoms with van der Waals surface area (Å²) in [5.74, 6) is -0.108. The van der Waals surface area contributed by atoms with Gasteiger partial charge in [-0.1, -0.05) is 30.3 Å². The standard InChI is InChI=1S/C19H20N2O4/c22-19(16-8-10-17(11-9-16)21(23)24)20-12-4-7-18(13-20)25-14-15-5-2-1-3-6-15/h1-3,5-6,8-11,18H,4,7,12-14H2. The van der Waals surface area contributed by atoms with Gasteiger partial charge in [-0.2, -0.15) is 0 Å². The Hall–Kier alpha value is -2.73. The molecular formula is C19H20N2O4. The van der Waals surface area contributed by atoms with Gasteiger partial charge in [0.2, 0.25) is 0 Å². The van der Waals surface area contributed by atoms with Gasteiger partial charge in [-0.15, -0.1) is 0 Å². The van der Waals surface area contributed by atoms with Crippen LogP contribution in [0.5, 0.6) is 0 Å². The van der Waals surface area contributed by atoms with E-state index < -0.39 is 4.92 Å². The van der Waals surface area contributed by atoms with Crippen molar-refractivity contribution in [2.75, 3.05) is 13.1 Å². The van der Waals surface area contributed by atoms with Crippen molar-refractivity contribution >= 4 is 11.6 Å². The first-order valence-corrected chi connectivity index (χ1v) is 8.33. The Bertz CT molecular complexity index is 731. The minimum absolute atomic E-state index is 0.0101. The summed E-state index contributed by atoms with van der Waals surface area (Å²) < 4.78 is 5.95. The molecule has 2 aromatic rings. The second-order valence-electron chi connectivity index (χ2n) is 6.12. The number of nitro benzene ring substituents is 1. The lowest BCUT2D eigenvalue weighted by atomic mass is 10.1. The summed E-state index contributed by atoms with van der Waals surface area (Å²) >= 11 is 0. The summed E-state index contributed by atoms with van der Waals surface area (Å²) in [6.07, 6.45) is 1.82. The summed E-state index contributed by atoms with van der Waals surface area (Å²) in [6.45, 7) is 1.76. The minimum atomic E-state index is -0.470. The quantitative estimate of drug-likeness (QED) is 0.617. The SMILES string of the molecule is O=C(c1ccc([N+](=O)[O-])cc1)N1CCCC(OCc2ccccc2)C1. The van der Waals surface area contributed by atoms with E-state index in [4.69, 9.17) is 4.74 Å². The first-order valence-electron chi connectivity index (χ1n) is 8.33. The van der Waals surface area contributed by atoms with Crippen LogP contribution in [0.25, 0.3) is 0 Å². The predicted molar refractivity (Wildman–Crippen MR) is 93.3 cm³/mol. The second kappa shape index (κ2) is 7.90. The van der Waals surface area contributed by atoms with Crippen LogP contribution in [0.4, 0.5) is 5.69 Å². The van der Waals surface area contributed by atoms with Gasteiger partial charge in [-0.3, -0.25) is 14.9 Å². The molecule has 0 saturated carbocycles. The van der Waals surface area contributed by atoms with E-state index in [-0.39, 0.29) is 17.7 Å². The molecule has 1 aliphatic rings. The molecule has 25 heavy (non-hydrogen) atoms. The van der Waals surface area contributed by atoms with Crippen LogP contribution in [0.15, 0.2) is 54.6 Å². The van der Waals surface area contributed by atoms with E-state index in [1.54, 1.807) is 4.90 Å². The number of carbonyl (C=O) groups excluding carboxylic acids is 1. The van der Waals surface area contributed by atoms with Gasteiger partial charge in [0, 0.05) is 30.8 Å². The lowest BCUT2D eigenvalue weighted by Gasteiger charge is -2.32. The van der Waals surface area contributed by atoms with E-state index in [0.29, 0.717) is 25.3 Å². The van der Waals surface area contributed by atoms with Crippen molar-refractivity contribution in [3.63, 3.8) is 0 Å². The molecule has 1 atom stereocenters. The third-order valence-electron chi connectivity index (χ3n) is 4.32. The van der Waals surface area contributed by atoms with Crippen LogP contribution < -0.4 is 0 Å². The molecule has 1 aliphatic heterocycles. The molecule has 0 bridgehead atoms. The zero-order valence-corrected chi connectivity index (χ0v) is 13.8. The van der Waals surface area contributed by atoms with Crippen LogP contribution in [0.2, 0.25) is 0 Å². The monoisotopic (exact) mass is 340 g/mol. The fourth-order valence-corrected chi connectivity index (χ4v) is 2.96. The van der Waals surface area contributed by atoms with Crippen LogP contribution in [0, 0.1) is 10.1 Å². The van der Waals surface area contributed by atoms with Crippen molar-refractivity contribution in [2.24, 2.45) is 0 Å². The number of amides is 1. The number of benzene rings is 2. The normalized spacial score (nSPS) is 17.3. The number of hydrogen-bond acceptors (Lipinski definition) is 4. The number of piperidine rings is 1. The van der Waals surface area contributed by atoms with Gasteiger partial charge in [-0.25, -0.2) is 0 Å². The third kappa shape index (κ3) is 4.42. The van der Waals surface area contributed by atoms with Gasteiger partial charge < -0.3 is 9.64 Å². The lowest BCUT2D eigenvalue weighted by Crippen LogP contribution is -2.43. The lowest BCUT2D eigenvalue weighted by molar-refractivity contribution is -0.384. The summed E-state index contributed by atoms with van der Waals surface area (Å²) in [5, 5.41) is 10.7. The highest BCUT2D eigenvalue weighted by Crippen LogP contribution is 2.19. The van der Waals surface area contributed by atoms with Gasteiger partial charge >= 0.3 is 0 Å². The molecule has 6 nitrogen and oxygen atoms in total. The largest absolute Gasteiger partial charge is 0.372 e. The van der Waals surface area contributed by atoms with Crippen LogP contribution in [-0.4, -0.2) is 34.9 Å². The molecule has 1 fully saturated rings. The van der Waals surface area contributed by atoms with Crippen molar-refractivity contribution in [1.82, 2.24) is 4.90 Å². The number of carbonyl (C=O) groups is 1. The molecule has 0 spiro atoms. The Morgan fingerprint density at radius 2 is 1.88 bits per heavy atom. The first kappa shape index (κ1) is 17.1. The average Bonchev–Trinajstić information content (AvgIpc) is 2.67. The third-order valence-corrected chi connectivity index (χ3v) is 4.32. The molecule has 0 N–H and O–H groups in total. The number of likely N-dealkylation sites (tertiary alicyclic amines) is 1. The number of ether oxygens (including phenoxy) is 1. The second-order valence-corrected chi connectivity index (χ2v) is 6.12. The molecule has 1 amide bonds. The van der Waals surface area contributed by atoms with E-state index in [0.717, 1.165) is 18.4 Å². The zero-order chi connectivity index (χ0) is 17.6. The number of nitro groups is 1. The Kier molecular flexibility index (Phi) is 5.40. The van der Waals surface area contributed by atoms with Crippen LogP contribution in [-0.2, 0) is 11.3 Å². The van der Waals surface area contributed by atoms with E-state index in [9.17, 15) is 14.9 Å². The van der Waals surface area contributed by atoms with E-state index in [1.807, 2.05) is 30.3 Å². The fraction of sp³-hybridized carbons (Fsp3) is 0.316. The smallest absolute Gasteiger partial charge is 0.269 e. The molecular weight excluding hydrogens is 320 g/mol. The Morgan fingerprint density at radius 1 is 1.16 bits per heavy atom. The number of non-ortho nitro benzene ring substituents is 1. The van der Waals surface area contributed by atoms with Gasteiger partial charge in [0.15, 0.2) is 0 Å². The molecule has 1 saturated heterocycles. The maximum atomic E-state index is 12.6. The fourth-order valence-electron chi connectivity index (χ4n) is 2.96. The first-order chi connectivity index (χ1) is 12.1. The maximum absolute atomic E-state index is 12.6. The van der Waals surface area contributed by atoms with Crippen LogP contribution >= 0.6 is 0 Å². The van der Waals surface area contributed by atoms with Crippen LogP contribution in [0.3, 0.4) is 0 Å². The summed E-state index contributed by atoms with van der Waals surface area (Å²) in [4.78, 5) is 24.6. The van der Waals surface area contributed by atoms with E-state index in [1.165, 1.54) is 24.3 Å². The maximum Gasteiger partial charge on any atom is 0.269 e. The molecule has 130 valence electrons. The molecule has 0 radical (unpaired) electrons. The Labute approximate surface area is 146 Å². The highest BCUT2D eigenvalue weighted by molar-refractivity contribution is 5.94. The van der Waals surface area contributed by atoms with E-state index >= 15 is 0 Å². The van der Waals surface area contributed by atoms with Gasteiger partial charge in [0.25, 0.3) is 11.6 Å². The molecule has 3 rings (SSSR count). The zero-order valence-electron chi connectivity index (χ0n) is 13.8. The molecule has 1 heterocycles. The number of nitrogens with zero attached hydrogens (tertiary/aromatic N) is 2.